The summed E-state index contributed by atoms with van der Waals surface area (Å²) in [4.78, 5) is 0. The summed E-state index contributed by atoms with van der Waals surface area (Å²) in [7, 11) is 0. The fourth-order valence-electron chi connectivity index (χ4n) is 1.37. The van der Waals surface area contributed by atoms with E-state index in [4.69, 9.17) is 22.5 Å². The van der Waals surface area contributed by atoms with E-state index in [1.165, 1.54) is 6.08 Å². The van der Waals surface area contributed by atoms with Crippen molar-refractivity contribution in [2.45, 2.75) is 13.0 Å². The molecule has 1 aromatic rings. The summed E-state index contributed by atoms with van der Waals surface area (Å²) in [5.74, 6) is 0. The number of allylic oxidation sites excluding steroid dienone is 1. The first-order valence-corrected chi connectivity index (χ1v) is 5.43. The normalized spacial score (nSPS) is 14.6. The molecule has 92 valence electrons. The molecule has 0 bridgehead atoms. The van der Waals surface area contributed by atoms with Crippen LogP contribution in [0.25, 0.3) is 0 Å². The second-order valence-corrected chi connectivity index (χ2v) is 3.87. The van der Waals surface area contributed by atoms with Crippen molar-refractivity contribution in [2.24, 2.45) is 0 Å². The minimum absolute atomic E-state index is 0.0348. The van der Waals surface area contributed by atoms with Gasteiger partial charge in [0.1, 0.15) is 11.3 Å². The van der Waals surface area contributed by atoms with E-state index in [2.05, 4.69) is 0 Å². The van der Waals surface area contributed by atoms with E-state index in [0.29, 0.717) is 16.8 Å². The second kappa shape index (κ2) is 6.30. The molecule has 0 aliphatic rings. The highest BCUT2D eigenvalue weighted by molar-refractivity contribution is 6.29. The molecule has 0 amide bonds. The lowest BCUT2D eigenvalue weighted by Gasteiger charge is -2.13. The van der Waals surface area contributed by atoms with E-state index in [0.717, 1.165) is 0 Å². The van der Waals surface area contributed by atoms with Gasteiger partial charge in [0, 0.05) is 5.69 Å². The molecular weight excluding hydrogens is 240 g/mol. The zero-order valence-electron chi connectivity index (χ0n) is 9.39. The number of hydroxylamine groups is 1. The molecule has 0 saturated heterocycles. The van der Waals surface area contributed by atoms with E-state index in [9.17, 15) is 5.11 Å². The van der Waals surface area contributed by atoms with Crippen LogP contribution in [0, 0.1) is 0 Å². The quantitative estimate of drug-likeness (QED) is 0.288. The Balaban J connectivity index is 2.95. The van der Waals surface area contributed by atoms with Crippen molar-refractivity contribution in [3.05, 3.63) is 52.7 Å². The molecule has 1 unspecified atom stereocenters. The lowest BCUT2D eigenvalue weighted by Crippen LogP contribution is -2.05. The third kappa shape index (κ3) is 3.78. The molecule has 0 aromatic heterocycles. The molecule has 0 aliphatic carbocycles. The average molecular weight is 255 g/mol. The van der Waals surface area contributed by atoms with Crippen LogP contribution in [-0.2, 0) is 0 Å². The van der Waals surface area contributed by atoms with Gasteiger partial charge in [-0.15, -0.1) is 0 Å². The Morgan fingerprint density at radius 3 is 2.47 bits per heavy atom. The fraction of sp³-hybridized carbons (Fsp3) is 0.167. The molecule has 0 fully saturated rings. The van der Waals surface area contributed by atoms with Crippen molar-refractivity contribution in [3.8, 4) is 0 Å². The third-order valence-corrected chi connectivity index (χ3v) is 2.50. The molecule has 0 aliphatic heterocycles. The first-order chi connectivity index (χ1) is 8.08. The van der Waals surface area contributed by atoms with Gasteiger partial charge < -0.3 is 10.8 Å². The molecule has 17 heavy (non-hydrogen) atoms. The minimum Gasteiger partial charge on any atom is -0.399 e. The number of nitrogen functional groups attached to an aromatic ring is 1. The van der Waals surface area contributed by atoms with E-state index < -0.39 is 6.10 Å². The Bertz CT molecular complexity index is 427. The average Bonchev–Trinajstić information content (AvgIpc) is 2.35. The lowest BCUT2D eigenvalue weighted by molar-refractivity contribution is 0.206. The van der Waals surface area contributed by atoms with Gasteiger partial charge in [-0.05, 0) is 36.3 Å². The van der Waals surface area contributed by atoms with Crippen molar-refractivity contribution in [1.29, 1.82) is 0 Å². The molecular formula is C12H15ClN2O2. The van der Waals surface area contributed by atoms with Crippen LogP contribution in [0.5, 0.6) is 0 Å². The number of benzene rings is 1. The van der Waals surface area contributed by atoms with Gasteiger partial charge in [-0.25, -0.2) is 0 Å². The van der Waals surface area contributed by atoms with Crippen molar-refractivity contribution in [1.82, 2.24) is 5.48 Å². The van der Waals surface area contributed by atoms with Crippen LogP contribution in [0.4, 0.5) is 5.69 Å². The van der Waals surface area contributed by atoms with Crippen molar-refractivity contribution < 1.29 is 10.3 Å². The Hall–Kier alpha value is -1.49. The maximum atomic E-state index is 10.1. The number of nitrogens with two attached hydrogens (primary N) is 1. The fourth-order valence-corrected chi connectivity index (χ4v) is 1.50. The first-order valence-electron chi connectivity index (χ1n) is 5.05. The standard InChI is InChI=1S/C12H15ClN2O2/c1-2-8(7-11(13)15-17)12(16)9-3-5-10(14)6-4-9/h2-7,12,15-17H,14H2,1H3/b8-2+,11-7-. The number of anilines is 1. The zero-order valence-corrected chi connectivity index (χ0v) is 10.1. The molecule has 1 atom stereocenters. The highest BCUT2D eigenvalue weighted by Crippen LogP contribution is 2.24. The number of hydrogen-bond donors (Lipinski definition) is 4. The number of halogens is 1. The summed E-state index contributed by atoms with van der Waals surface area (Å²) in [5.41, 5.74) is 9.27. The number of hydrogen-bond acceptors (Lipinski definition) is 4. The lowest BCUT2D eigenvalue weighted by atomic mass is 10.0. The number of rotatable bonds is 4. The van der Waals surface area contributed by atoms with Gasteiger partial charge >= 0.3 is 0 Å². The molecule has 1 rings (SSSR count). The number of nitrogens with one attached hydrogen (secondary N) is 1. The van der Waals surface area contributed by atoms with E-state index >= 15 is 0 Å². The van der Waals surface area contributed by atoms with Gasteiger partial charge in [0.05, 0.1) is 0 Å². The van der Waals surface area contributed by atoms with E-state index in [1.54, 1.807) is 42.7 Å². The Morgan fingerprint density at radius 2 is 2.00 bits per heavy atom. The van der Waals surface area contributed by atoms with E-state index in [1.807, 2.05) is 0 Å². The Labute approximate surface area is 105 Å². The van der Waals surface area contributed by atoms with Crippen LogP contribution in [0.1, 0.15) is 18.6 Å². The summed E-state index contributed by atoms with van der Waals surface area (Å²) in [6, 6.07) is 6.89. The summed E-state index contributed by atoms with van der Waals surface area (Å²) < 4.78 is 0. The Kier molecular flexibility index (Phi) is 5.03. The maximum absolute atomic E-state index is 10.1. The largest absolute Gasteiger partial charge is 0.399 e. The van der Waals surface area contributed by atoms with Crippen molar-refractivity contribution >= 4 is 17.3 Å². The number of aliphatic hydroxyl groups excluding tert-OH is 1. The van der Waals surface area contributed by atoms with Crippen LogP contribution in [0.15, 0.2) is 47.1 Å². The van der Waals surface area contributed by atoms with Gasteiger partial charge in [-0.3, -0.25) is 10.7 Å². The molecule has 5 heteroatoms. The summed E-state index contributed by atoms with van der Waals surface area (Å²) in [6.07, 6.45) is 2.34. The molecule has 4 nitrogen and oxygen atoms in total. The molecule has 1 aromatic carbocycles. The van der Waals surface area contributed by atoms with Gasteiger partial charge in [0.25, 0.3) is 0 Å². The van der Waals surface area contributed by atoms with Crippen LogP contribution >= 0.6 is 11.6 Å². The minimum atomic E-state index is -0.817. The van der Waals surface area contributed by atoms with Crippen molar-refractivity contribution in [3.63, 3.8) is 0 Å². The monoisotopic (exact) mass is 254 g/mol. The van der Waals surface area contributed by atoms with Crippen LogP contribution in [0.2, 0.25) is 0 Å². The molecule has 0 saturated carbocycles. The predicted molar refractivity (Wildman–Crippen MR) is 68.4 cm³/mol. The van der Waals surface area contributed by atoms with Gasteiger partial charge in [-0.1, -0.05) is 29.8 Å². The summed E-state index contributed by atoms with van der Waals surface area (Å²) >= 11 is 5.62. The van der Waals surface area contributed by atoms with Crippen LogP contribution in [0.3, 0.4) is 0 Å². The summed E-state index contributed by atoms with van der Waals surface area (Å²) in [5, 5.41) is 18.7. The summed E-state index contributed by atoms with van der Waals surface area (Å²) in [6.45, 7) is 1.77. The van der Waals surface area contributed by atoms with Crippen LogP contribution < -0.4 is 11.2 Å². The zero-order chi connectivity index (χ0) is 12.8. The molecule has 5 N–H and O–H groups in total. The number of aliphatic hydroxyl groups is 1. The maximum Gasteiger partial charge on any atom is 0.126 e. The van der Waals surface area contributed by atoms with Crippen LogP contribution in [-0.4, -0.2) is 10.3 Å². The first kappa shape index (κ1) is 13.6. The highest BCUT2D eigenvalue weighted by Gasteiger charge is 2.11. The smallest absolute Gasteiger partial charge is 0.126 e. The Morgan fingerprint density at radius 1 is 1.41 bits per heavy atom. The highest BCUT2D eigenvalue weighted by atomic mass is 35.5. The van der Waals surface area contributed by atoms with Crippen molar-refractivity contribution in [2.75, 3.05) is 5.73 Å². The topological polar surface area (TPSA) is 78.5 Å². The molecule has 0 spiro atoms. The predicted octanol–water partition coefficient (Wildman–Crippen LogP) is 2.31. The van der Waals surface area contributed by atoms with Gasteiger partial charge in [0.2, 0.25) is 0 Å². The second-order valence-electron chi connectivity index (χ2n) is 3.46. The van der Waals surface area contributed by atoms with Gasteiger partial charge in [-0.2, -0.15) is 0 Å². The molecule has 0 radical (unpaired) electrons. The van der Waals surface area contributed by atoms with Gasteiger partial charge in [0.15, 0.2) is 0 Å². The SMILES string of the molecule is C/C=C(\C=C(\Cl)NO)C(O)c1ccc(N)cc1. The van der Waals surface area contributed by atoms with E-state index in [-0.39, 0.29) is 5.16 Å². The third-order valence-electron chi connectivity index (χ3n) is 2.30. The molecule has 0 heterocycles.